The summed E-state index contributed by atoms with van der Waals surface area (Å²) in [5.74, 6) is 0.863. The number of nitrogens with zero attached hydrogens (tertiary/aromatic N) is 4. The third-order valence-electron chi connectivity index (χ3n) is 3.72. The third kappa shape index (κ3) is 2.85. The molecule has 1 aromatic heterocycles. The molecule has 2 aromatic rings. The fourth-order valence-corrected chi connectivity index (χ4v) is 2.66. The maximum atomic E-state index is 12.6. The first-order valence-corrected chi connectivity index (χ1v) is 6.67. The monoisotopic (exact) mass is 307 g/mol. The summed E-state index contributed by atoms with van der Waals surface area (Å²) in [6.07, 6.45) is 3.57. The maximum absolute atomic E-state index is 12.6. The number of rotatable bonds is 2. The highest BCUT2D eigenvalue weighted by Gasteiger charge is 2.33. The minimum absolute atomic E-state index is 0. The van der Waals surface area contributed by atoms with Crippen LogP contribution in [0, 0.1) is 0 Å². The molecule has 21 heavy (non-hydrogen) atoms. The average Bonchev–Trinajstić information content (AvgIpc) is 3.07. The van der Waals surface area contributed by atoms with Crippen molar-refractivity contribution in [2.24, 2.45) is 7.05 Å². The van der Waals surface area contributed by atoms with E-state index in [-0.39, 0.29) is 24.4 Å². The average molecular weight is 308 g/mol. The lowest BCUT2D eigenvalue weighted by Gasteiger charge is -2.24. The number of nitrogen functional groups attached to an aromatic ring is 1. The van der Waals surface area contributed by atoms with Gasteiger partial charge in [0, 0.05) is 24.8 Å². The molecule has 1 atom stereocenters. The minimum atomic E-state index is 0. The molecule has 0 aliphatic carbocycles. The summed E-state index contributed by atoms with van der Waals surface area (Å²) in [4.78, 5) is 14.5. The Balaban J connectivity index is 0.00000161. The van der Waals surface area contributed by atoms with Crippen molar-refractivity contribution in [3.8, 4) is 0 Å². The molecule has 1 fully saturated rings. The number of hydrogen-bond acceptors (Lipinski definition) is 4. The van der Waals surface area contributed by atoms with E-state index in [4.69, 9.17) is 5.73 Å². The van der Waals surface area contributed by atoms with Crippen LogP contribution in [0.15, 0.2) is 30.6 Å². The second-order valence-electron chi connectivity index (χ2n) is 5.08. The van der Waals surface area contributed by atoms with E-state index in [1.165, 1.54) is 0 Å². The number of likely N-dealkylation sites (tertiary alicyclic amines) is 1. The van der Waals surface area contributed by atoms with Crippen LogP contribution in [0.1, 0.15) is 35.1 Å². The van der Waals surface area contributed by atoms with Gasteiger partial charge in [-0.15, -0.1) is 22.6 Å². The standard InChI is InChI=1S/C14H17N5O.ClH/c1-18-9-16-17-13(18)12-3-2-8-19(12)14(20)10-4-6-11(15)7-5-10;/h4-7,9,12H,2-3,8,15H2,1H3;1H. The molecule has 2 N–H and O–H groups in total. The molecule has 0 radical (unpaired) electrons. The number of aryl methyl sites for hydroxylation is 1. The van der Waals surface area contributed by atoms with E-state index in [0.29, 0.717) is 11.3 Å². The smallest absolute Gasteiger partial charge is 0.254 e. The lowest BCUT2D eigenvalue weighted by atomic mass is 10.1. The first-order chi connectivity index (χ1) is 9.66. The normalized spacial score (nSPS) is 17.6. The summed E-state index contributed by atoms with van der Waals surface area (Å²) in [7, 11) is 1.90. The van der Waals surface area contributed by atoms with Gasteiger partial charge < -0.3 is 15.2 Å². The van der Waals surface area contributed by atoms with Crippen LogP contribution in [-0.2, 0) is 7.05 Å². The molecular formula is C14H18ClN5O. The van der Waals surface area contributed by atoms with Crippen molar-refractivity contribution in [3.63, 3.8) is 0 Å². The van der Waals surface area contributed by atoms with Crippen LogP contribution in [0.5, 0.6) is 0 Å². The van der Waals surface area contributed by atoms with Crippen molar-refractivity contribution in [1.82, 2.24) is 19.7 Å². The molecule has 1 unspecified atom stereocenters. The van der Waals surface area contributed by atoms with Crippen LogP contribution >= 0.6 is 12.4 Å². The number of nitrogens with two attached hydrogens (primary N) is 1. The van der Waals surface area contributed by atoms with Gasteiger partial charge in [0.15, 0.2) is 5.82 Å². The molecule has 1 aliphatic heterocycles. The Bertz CT molecular complexity index is 625. The Morgan fingerprint density at radius 1 is 1.33 bits per heavy atom. The van der Waals surface area contributed by atoms with E-state index in [1.54, 1.807) is 30.6 Å². The molecule has 1 aromatic carbocycles. The fraction of sp³-hybridized carbons (Fsp3) is 0.357. The van der Waals surface area contributed by atoms with Crippen molar-refractivity contribution in [2.75, 3.05) is 12.3 Å². The molecule has 7 heteroatoms. The molecule has 0 spiro atoms. The highest BCUT2D eigenvalue weighted by Crippen LogP contribution is 2.31. The first-order valence-electron chi connectivity index (χ1n) is 6.67. The van der Waals surface area contributed by atoms with E-state index >= 15 is 0 Å². The summed E-state index contributed by atoms with van der Waals surface area (Å²) in [6.45, 7) is 0.751. The summed E-state index contributed by atoms with van der Waals surface area (Å²) >= 11 is 0. The SMILES string of the molecule is Cl.Cn1cnnc1C1CCCN1C(=O)c1ccc(N)cc1. The van der Waals surface area contributed by atoms with Crippen molar-refractivity contribution >= 4 is 24.0 Å². The molecule has 6 nitrogen and oxygen atoms in total. The Hall–Kier alpha value is -2.08. The van der Waals surface area contributed by atoms with E-state index in [9.17, 15) is 4.79 Å². The number of halogens is 1. The van der Waals surface area contributed by atoms with Crippen LogP contribution in [0.3, 0.4) is 0 Å². The number of benzene rings is 1. The van der Waals surface area contributed by atoms with Crippen LogP contribution in [0.25, 0.3) is 0 Å². The molecule has 1 saturated heterocycles. The van der Waals surface area contributed by atoms with Gasteiger partial charge in [0.1, 0.15) is 6.33 Å². The van der Waals surface area contributed by atoms with Gasteiger partial charge in [-0.1, -0.05) is 0 Å². The Morgan fingerprint density at radius 3 is 2.67 bits per heavy atom. The molecule has 3 rings (SSSR count). The molecular weight excluding hydrogens is 290 g/mol. The first kappa shape index (κ1) is 15.3. The lowest BCUT2D eigenvalue weighted by Crippen LogP contribution is -2.31. The lowest BCUT2D eigenvalue weighted by molar-refractivity contribution is 0.0728. The van der Waals surface area contributed by atoms with E-state index in [0.717, 1.165) is 25.2 Å². The van der Waals surface area contributed by atoms with Gasteiger partial charge in [0.2, 0.25) is 0 Å². The van der Waals surface area contributed by atoms with Crippen LogP contribution in [0.4, 0.5) is 5.69 Å². The van der Waals surface area contributed by atoms with Gasteiger partial charge in [-0.25, -0.2) is 0 Å². The zero-order valence-corrected chi connectivity index (χ0v) is 12.6. The third-order valence-corrected chi connectivity index (χ3v) is 3.72. The highest BCUT2D eigenvalue weighted by molar-refractivity contribution is 5.94. The molecule has 0 bridgehead atoms. The van der Waals surface area contributed by atoms with Gasteiger partial charge in [0.05, 0.1) is 6.04 Å². The number of aromatic nitrogens is 3. The topological polar surface area (TPSA) is 77.0 Å². The zero-order valence-electron chi connectivity index (χ0n) is 11.8. The fourth-order valence-electron chi connectivity index (χ4n) is 2.66. The van der Waals surface area contributed by atoms with Crippen molar-refractivity contribution < 1.29 is 4.79 Å². The quantitative estimate of drug-likeness (QED) is 0.858. The van der Waals surface area contributed by atoms with Gasteiger partial charge >= 0.3 is 0 Å². The largest absolute Gasteiger partial charge is 0.399 e. The van der Waals surface area contributed by atoms with Gasteiger partial charge in [-0.3, -0.25) is 4.79 Å². The molecule has 0 saturated carbocycles. The Morgan fingerprint density at radius 2 is 2.05 bits per heavy atom. The molecule has 1 aliphatic rings. The molecule has 112 valence electrons. The van der Waals surface area contributed by atoms with E-state index in [2.05, 4.69) is 10.2 Å². The van der Waals surface area contributed by atoms with Gasteiger partial charge in [-0.05, 0) is 37.1 Å². The maximum Gasteiger partial charge on any atom is 0.254 e. The predicted octanol–water partition coefficient (Wildman–Crippen LogP) is 1.80. The molecule has 1 amide bonds. The number of hydrogen-bond donors (Lipinski definition) is 1. The minimum Gasteiger partial charge on any atom is -0.399 e. The van der Waals surface area contributed by atoms with Crippen LogP contribution in [-0.4, -0.2) is 32.1 Å². The number of anilines is 1. The van der Waals surface area contributed by atoms with Crippen molar-refractivity contribution in [3.05, 3.63) is 42.0 Å². The highest BCUT2D eigenvalue weighted by atomic mass is 35.5. The Labute approximate surface area is 129 Å². The number of carbonyl (C=O) groups is 1. The number of amides is 1. The second kappa shape index (κ2) is 6.13. The number of carbonyl (C=O) groups excluding carboxylic acids is 1. The Kier molecular flexibility index (Phi) is 4.47. The van der Waals surface area contributed by atoms with Crippen molar-refractivity contribution in [2.45, 2.75) is 18.9 Å². The zero-order chi connectivity index (χ0) is 14.1. The van der Waals surface area contributed by atoms with E-state index < -0.39 is 0 Å². The summed E-state index contributed by atoms with van der Waals surface area (Å²) in [5.41, 5.74) is 6.98. The predicted molar refractivity (Wildman–Crippen MR) is 82.1 cm³/mol. The molecule has 2 heterocycles. The van der Waals surface area contributed by atoms with Gasteiger partial charge in [-0.2, -0.15) is 0 Å². The second-order valence-corrected chi connectivity index (χ2v) is 5.08. The summed E-state index contributed by atoms with van der Waals surface area (Å²) in [6, 6.07) is 7.04. The summed E-state index contributed by atoms with van der Waals surface area (Å²) in [5, 5.41) is 8.04. The van der Waals surface area contributed by atoms with Crippen molar-refractivity contribution in [1.29, 1.82) is 0 Å². The van der Waals surface area contributed by atoms with E-state index in [1.807, 2.05) is 16.5 Å². The van der Waals surface area contributed by atoms with Crippen LogP contribution in [0.2, 0.25) is 0 Å². The van der Waals surface area contributed by atoms with Gasteiger partial charge in [0.25, 0.3) is 5.91 Å². The van der Waals surface area contributed by atoms with Crippen LogP contribution < -0.4 is 5.73 Å². The summed E-state index contributed by atoms with van der Waals surface area (Å²) < 4.78 is 1.87.